The van der Waals surface area contributed by atoms with Crippen molar-refractivity contribution in [3.05, 3.63) is 71.3 Å². The molecular weight excluding hydrogens is 324 g/mol. The highest BCUT2D eigenvalue weighted by Crippen LogP contribution is 2.26. The van der Waals surface area contributed by atoms with E-state index in [4.69, 9.17) is 4.74 Å². The molecule has 1 N–H and O–H groups in total. The number of halogens is 2. The summed E-state index contributed by atoms with van der Waals surface area (Å²) in [6, 6.07) is 11.1. The van der Waals surface area contributed by atoms with Gasteiger partial charge in [-0.1, -0.05) is 18.2 Å². The summed E-state index contributed by atoms with van der Waals surface area (Å²) in [4.78, 5) is 2.03. The zero-order valence-electron chi connectivity index (χ0n) is 14.1. The average Bonchev–Trinajstić information content (AvgIpc) is 2.64. The van der Waals surface area contributed by atoms with Gasteiger partial charge in [-0.05, 0) is 47.9 Å². The zero-order valence-corrected chi connectivity index (χ0v) is 14.1. The Morgan fingerprint density at radius 3 is 2.56 bits per heavy atom. The van der Waals surface area contributed by atoms with Crippen LogP contribution >= 0.6 is 0 Å². The number of β-amino-alcohol motifs (C(OH)–C–C–N with tert-alkyl or cyclic N) is 1. The monoisotopic (exact) mass is 345 g/mol. The lowest BCUT2D eigenvalue weighted by molar-refractivity contribution is 0.115. The van der Waals surface area contributed by atoms with Crippen molar-refractivity contribution in [3.63, 3.8) is 0 Å². The molecule has 0 unspecified atom stereocenters. The molecule has 0 bridgehead atoms. The Balaban J connectivity index is 1.63. The van der Waals surface area contributed by atoms with E-state index in [0.717, 1.165) is 42.5 Å². The van der Waals surface area contributed by atoms with Crippen LogP contribution in [-0.2, 0) is 0 Å². The number of hydrogen-bond donors (Lipinski definition) is 1. The number of methoxy groups -OCH3 is 1. The Labute approximate surface area is 146 Å². The van der Waals surface area contributed by atoms with E-state index in [0.29, 0.717) is 6.54 Å². The smallest absolute Gasteiger partial charge is 0.129 e. The second-order valence-corrected chi connectivity index (χ2v) is 6.15. The van der Waals surface area contributed by atoms with E-state index in [9.17, 15) is 13.9 Å². The lowest BCUT2D eigenvalue weighted by atomic mass is 9.99. The van der Waals surface area contributed by atoms with Gasteiger partial charge >= 0.3 is 0 Å². The Morgan fingerprint density at radius 2 is 1.92 bits per heavy atom. The summed E-state index contributed by atoms with van der Waals surface area (Å²) in [6.45, 7) is 1.69. The van der Waals surface area contributed by atoms with Gasteiger partial charge in [0.05, 0.1) is 13.2 Å². The molecule has 1 aliphatic heterocycles. The Kier molecular flexibility index (Phi) is 5.46. The summed E-state index contributed by atoms with van der Waals surface area (Å²) in [5.74, 6) is -0.307. The molecule has 0 radical (unpaired) electrons. The van der Waals surface area contributed by atoms with Crippen LogP contribution in [-0.4, -0.2) is 36.8 Å². The number of aliphatic hydroxyl groups excluding tert-OH is 1. The van der Waals surface area contributed by atoms with Crippen molar-refractivity contribution in [2.45, 2.75) is 12.5 Å². The molecule has 1 aliphatic rings. The first-order chi connectivity index (χ1) is 12.1. The molecule has 3 nitrogen and oxygen atoms in total. The van der Waals surface area contributed by atoms with Crippen LogP contribution in [0.5, 0.6) is 5.75 Å². The van der Waals surface area contributed by atoms with Gasteiger partial charge in [-0.3, -0.25) is 4.90 Å². The van der Waals surface area contributed by atoms with Crippen LogP contribution in [0.1, 0.15) is 23.7 Å². The molecule has 0 saturated carbocycles. The zero-order chi connectivity index (χ0) is 17.8. The molecule has 132 valence electrons. The first-order valence-corrected chi connectivity index (χ1v) is 8.25. The third-order valence-electron chi connectivity index (χ3n) is 4.50. The second-order valence-electron chi connectivity index (χ2n) is 6.15. The van der Waals surface area contributed by atoms with Gasteiger partial charge in [0.15, 0.2) is 0 Å². The summed E-state index contributed by atoms with van der Waals surface area (Å²) in [6.07, 6.45) is 1.90. The fourth-order valence-electron chi connectivity index (χ4n) is 3.06. The quantitative estimate of drug-likeness (QED) is 0.895. The third-order valence-corrected chi connectivity index (χ3v) is 4.50. The van der Waals surface area contributed by atoms with Crippen molar-refractivity contribution in [1.29, 1.82) is 0 Å². The minimum Gasteiger partial charge on any atom is -0.497 e. The highest BCUT2D eigenvalue weighted by atomic mass is 19.1. The van der Waals surface area contributed by atoms with E-state index < -0.39 is 17.7 Å². The molecule has 2 aromatic rings. The predicted molar refractivity (Wildman–Crippen MR) is 93.3 cm³/mol. The van der Waals surface area contributed by atoms with Crippen molar-refractivity contribution in [1.82, 2.24) is 4.90 Å². The Bertz CT molecular complexity index is 759. The second kappa shape index (κ2) is 7.76. The topological polar surface area (TPSA) is 32.7 Å². The maximum Gasteiger partial charge on any atom is 0.129 e. The first kappa shape index (κ1) is 17.6. The van der Waals surface area contributed by atoms with Gasteiger partial charge in [0.2, 0.25) is 0 Å². The molecule has 5 heteroatoms. The number of rotatable bonds is 5. The van der Waals surface area contributed by atoms with Crippen LogP contribution in [0.4, 0.5) is 8.78 Å². The molecule has 1 atom stereocenters. The molecular formula is C20H21F2NO2. The predicted octanol–water partition coefficient (Wildman–Crippen LogP) is 3.80. The number of hydrogen-bond acceptors (Lipinski definition) is 3. The Hall–Kier alpha value is -2.24. The van der Waals surface area contributed by atoms with Crippen LogP contribution in [0.3, 0.4) is 0 Å². The van der Waals surface area contributed by atoms with Crippen molar-refractivity contribution < 1.29 is 18.6 Å². The van der Waals surface area contributed by atoms with Gasteiger partial charge in [0.25, 0.3) is 0 Å². The van der Waals surface area contributed by atoms with Gasteiger partial charge < -0.3 is 9.84 Å². The van der Waals surface area contributed by atoms with Crippen molar-refractivity contribution in [2.75, 3.05) is 26.7 Å². The van der Waals surface area contributed by atoms with Crippen LogP contribution in [0.15, 0.2) is 48.5 Å². The molecule has 0 aliphatic carbocycles. The van der Waals surface area contributed by atoms with Gasteiger partial charge in [0, 0.05) is 25.2 Å². The largest absolute Gasteiger partial charge is 0.497 e. The molecule has 0 saturated heterocycles. The number of benzene rings is 2. The van der Waals surface area contributed by atoms with E-state index >= 15 is 0 Å². The molecule has 25 heavy (non-hydrogen) atoms. The summed E-state index contributed by atoms with van der Waals surface area (Å²) in [7, 11) is 1.64. The fourth-order valence-corrected chi connectivity index (χ4v) is 3.06. The SMILES string of the molecule is COc1ccc(C2=CCN(C[C@@H](O)c3cc(F)ccc3F)CC2)cc1. The van der Waals surface area contributed by atoms with Crippen LogP contribution < -0.4 is 4.74 Å². The molecule has 1 heterocycles. The van der Waals surface area contributed by atoms with Crippen molar-refractivity contribution in [3.8, 4) is 5.75 Å². The highest BCUT2D eigenvalue weighted by molar-refractivity contribution is 5.67. The van der Waals surface area contributed by atoms with Gasteiger partial charge in [-0.25, -0.2) is 8.78 Å². The molecule has 2 aromatic carbocycles. The summed E-state index contributed by atoms with van der Waals surface area (Å²) in [5.41, 5.74) is 2.40. The Morgan fingerprint density at radius 1 is 1.16 bits per heavy atom. The highest BCUT2D eigenvalue weighted by Gasteiger charge is 2.20. The lowest BCUT2D eigenvalue weighted by Gasteiger charge is -2.28. The molecule has 0 amide bonds. The van der Waals surface area contributed by atoms with Gasteiger partial charge in [-0.15, -0.1) is 0 Å². The minimum absolute atomic E-state index is 0.00457. The summed E-state index contributed by atoms with van der Waals surface area (Å²) >= 11 is 0. The lowest BCUT2D eigenvalue weighted by Crippen LogP contribution is -2.32. The van der Waals surface area contributed by atoms with E-state index in [-0.39, 0.29) is 12.1 Å². The van der Waals surface area contributed by atoms with E-state index in [1.807, 2.05) is 29.2 Å². The average molecular weight is 345 g/mol. The standard InChI is InChI=1S/C20H21F2NO2/c1-25-17-5-2-14(3-6-17)15-8-10-23(11-9-15)13-20(24)18-12-16(21)4-7-19(18)22/h2-8,12,20,24H,9-11,13H2,1H3/t20-/m1/s1. The van der Waals surface area contributed by atoms with Crippen molar-refractivity contribution >= 4 is 5.57 Å². The van der Waals surface area contributed by atoms with Crippen LogP contribution in [0, 0.1) is 11.6 Å². The number of aliphatic hydroxyl groups is 1. The van der Waals surface area contributed by atoms with Gasteiger partial charge in [0.1, 0.15) is 17.4 Å². The maximum absolute atomic E-state index is 13.8. The minimum atomic E-state index is -1.05. The molecule has 0 spiro atoms. The third kappa shape index (κ3) is 4.24. The normalized spacial score (nSPS) is 16.4. The maximum atomic E-state index is 13.8. The van der Waals surface area contributed by atoms with E-state index in [1.54, 1.807) is 7.11 Å². The summed E-state index contributed by atoms with van der Waals surface area (Å²) in [5, 5.41) is 10.2. The molecule has 0 fully saturated rings. The molecule has 0 aromatic heterocycles. The molecule has 3 rings (SSSR count). The number of ether oxygens (including phenoxy) is 1. The van der Waals surface area contributed by atoms with Crippen molar-refractivity contribution in [2.24, 2.45) is 0 Å². The fraction of sp³-hybridized carbons (Fsp3) is 0.300. The van der Waals surface area contributed by atoms with E-state index in [1.165, 1.54) is 5.57 Å². The van der Waals surface area contributed by atoms with Crippen LogP contribution in [0.2, 0.25) is 0 Å². The summed E-state index contributed by atoms with van der Waals surface area (Å²) < 4.78 is 32.2. The number of nitrogens with zero attached hydrogens (tertiary/aromatic N) is 1. The van der Waals surface area contributed by atoms with Crippen LogP contribution in [0.25, 0.3) is 5.57 Å². The first-order valence-electron chi connectivity index (χ1n) is 8.25. The van der Waals surface area contributed by atoms with E-state index in [2.05, 4.69) is 6.08 Å². The van der Waals surface area contributed by atoms with Gasteiger partial charge in [-0.2, -0.15) is 0 Å².